The number of benzene rings is 1. The smallest absolute Gasteiger partial charge is 0.420 e. The Morgan fingerprint density at radius 1 is 1.21 bits per heavy atom. The van der Waals surface area contributed by atoms with Crippen molar-refractivity contribution in [3.05, 3.63) is 70.0 Å². The molecule has 2 aromatic heterocycles. The van der Waals surface area contributed by atoms with Gasteiger partial charge in [-0.2, -0.15) is 0 Å². The number of amides is 1. The van der Waals surface area contributed by atoms with Crippen molar-refractivity contribution in [3.63, 3.8) is 0 Å². The van der Waals surface area contributed by atoms with Crippen LogP contribution in [0.5, 0.6) is 5.75 Å². The number of nitrogens with zero attached hydrogens (tertiary/aromatic N) is 3. The van der Waals surface area contributed by atoms with Gasteiger partial charge in [-0.05, 0) is 30.3 Å². The van der Waals surface area contributed by atoms with Gasteiger partial charge in [-0.15, -0.1) is 8.78 Å². The van der Waals surface area contributed by atoms with Gasteiger partial charge < -0.3 is 14.6 Å². The third-order valence-electron chi connectivity index (χ3n) is 3.70. The molecule has 1 amide bonds. The molecular formula is C18H12Cl2F2N4O3. The Labute approximate surface area is 172 Å². The van der Waals surface area contributed by atoms with Crippen LogP contribution in [0.2, 0.25) is 5.15 Å². The molecule has 0 aliphatic heterocycles. The summed E-state index contributed by atoms with van der Waals surface area (Å²) in [6, 6.07) is 7.89. The van der Waals surface area contributed by atoms with Crippen LogP contribution >= 0.6 is 23.2 Å². The maximum atomic E-state index is 12.6. The third kappa shape index (κ3) is 5.27. The summed E-state index contributed by atoms with van der Waals surface area (Å²) in [4.78, 5) is 32.4. The molecule has 0 saturated carbocycles. The van der Waals surface area contributed by atoms with E-state index in [9.17, 15) is 18.4 Å². The molecule has 0 fully saturated rings. The highest BCUT2D eigenvalue weighted by Crippen LogP contribution is 2.27. The summed E-state index contributed by atoms with van der Waals surface area (Å²) in [5.41, 5.74) is -3.08. The molecule has 0 unspecified atom stereocenters. The van der Waals surface area contributed by atoms with E-state index < -0.39 is 11.5 Å². The Morgan fingerprint density at radius 3 is 2.52 bits per heavy atom. The standard InChI is InChI=1S/C18H12Cl2F2N4O3/c1-26-9-24-14(7-15(26)27)13-6-10(8-23-16(13)19)17(28)25-11-2-4-12(5-3-11)29-18(20,21)22/h2-9H,1H3,(H,25,28). The summed E-state index contributed by atoms with van der Waals surface area (Å²) < 4.78 is 30.7. The van der Waals surface area contributed by atoms with Crippen LogP contribution < -0.4 is 15.6 Å². The van der Waals surface area contributed by atoms with Gasteiger partial charge in [0.25, 0.3) is 11.5 Å². The molecule has 0 bridgehead atoms. The average molecular weight is 441 g/mol. The van der Waals surface area contributed by atoms with E-state index in [1.54, 1.807) is 7.05 Å². The quantitative estimate of drug-likeness (QED) is 0.479. The first-order valence-corrected chi connectivity index (χ1v) is 8.74. The zero-order valence-electron chi connectivity index (χ0n) is 14.7. The predicted molar refractivity (Wildman–Crippen MR) is 104 cm³/mol. The Morgan fingerprint density at radius 2 is 1.90 bits per heavy atom. The van der Waals surface area contributed by atoms with Crippen LogP contribution in [0.3, 0.4) is 0 Å². The van der Waals surface area contributed by atoms with Gasteiger partial charge in [0.1, 0.15) is 10.9 Å². The molecule has 1 aromatic carbocycles. The number of pyridine rings is 1. The first-order valence-electron chi connectivity index (χ1n) is 7.98. The normalized spacial score (nSPS) is 11.2. The van der Waals surface area contributed by atoms with Crippen LogP contribution in [0.1, 0.15) is 10.4 Å². The zero-order chi connectivity index (χ0) is 21.2. The summed E-state index contributed by atoms with van der Waals surface area (Å²) in [7, 11) is 1.55. The van der Waals surface area contributed by atoms with Gasteiger partial charge in [-0.1, -0.05) is 11.6 Å². The van der Waals surface area contributed by atoms with Crippen molar-refractivity contribution < 1.29 is 18.3 Å². The summed E-state index contributed by atoms with van der Waals surface area (Å²) in [6.45, 7) is 0. The summed E-state index contributed by atoms with van der Waals surface area (Å²) >= 11 is 10.8. The lowest BCUT2D eigenvalue weighted by Crippen LogP contribution is -2.16. The molecule has 1 N–H and O–H groups in total. The van der Waals surface area contributed by atoms with Gasteiger partial charge in [0.15, 0.2) is 0 Å². The summed E-state index contributed by atoms with van der Waals surface area (Å²) in [5.74, 6) is -0.703. The van der Waals surface area contributed by atoms with Crippen molar-refractivity contribution in [3.8, 4) is 17.0 Å². The van der Waals surface area contributed by atoms with Crippen molar-refractivity contribution in [2.24, 2.45) is 7.05 Å². The van der Waals surface area contributed by atoms with Crippen LogP contribution in [0.15, 0.2) is 53.7 Å². The molecule has 2 heterocycles. The first-order chi connectivity index (χ1) is 13.6. The monoisotopic (exact) mass is 440 g/mol. The molecular weight excluding hydrogens is 429 g/mol. The highest BCUT2D eigenvalue weighted by molar-refractivity contribution is 6.32. The van der Waals surface area contributed by atoms with Crippen molar-refractivity contribution in [2.75, 3.05) is 5.32 Å². The highest BCUT2D eigenvalue weighted by atomic mass is 35.5. The van der Waals surface area contributed by atoms with E-state index in [2.05, 4.69) is 20.0 Å². The van der Waals surface area contributed by atoms with Gasteiger partial charge in [-0.25, -0.2) is 9.97 Å². The van der Waals surface area contributed by atoms with Crippen molar-refractivity contribution >= 4 is 34.8 Å². The minimum absolute atomic E-state index is 0.0748. The van der Waals surface area contributed by atoms with Gasteiger partial charge in [-0.3, -0.25) is 9.59 Å². The molecule has 0 atom stereocenters. The van der Waals surface area contributed by atoms with Gasteiger partial charge in [0.05, 0.1) is 17.6 Å². The minimum Gasteiger partial charge on any atom is -0.420 e. The number of hydrogen-bond donors (Lipinski definition) is 1. The van der Waals surface area contributed by atoms with Crippen molar-refractivity contribution in [2.45, 2.75) is 5.57 Å². The number of nitrogens with one attached hydrogen (secondary N) is 1. The van der Waals surface area contributed by atoms with E-state index in [1.807, 2.05) is 0 Å². The number of ether oxygens (including phenoxy) is 1. The molecule has 0 aliphatic rings. The zero-order valence-corrected chi connectivity index (χ0v) is 16.2. The maximum Gasteiger partial charge on any atom is 0.487 e. The molecule has 3 rings (SSSR count). The number of halogens is 4. The molecule has 0 radical (unpaired) electrons. The number of carbonyl (C=O) groups excluding carboxylic acids is 1. The average Bonchev–Trinajstić information content (AvgIpc) is 2.65. The number of aromatic nitrogens is 3. The number of anilines is 1. The lowest BCUT2D eigenvalue weighted by molar-refractivity contribution is -0.0964. The van der Waals surface area contributed by atoms with Gasteiger partial charge in [0.2, 0.25) is 0 Å². The van der Waals surface area contributed by atoms with Crippen LogP contribution in [-0.2, 0) is 7.05 Å². The highest BCUT2D eigenvalue weighted by Gasteiger charge is 2.27. The van der Waals surface area contributed by atoms with E-state index in [1.165, 1.54) is 53.5 Å². The third-order valence-corrected chi connectivity index (χ3v) is 4.08. The molecule has 3 aromatic rings. The van der Waals surface area contributed by atoms with Gasteiger partial charge >= 0.3 is 5.57 Å². The van der Waals surface area contributed by atoms with Crippen LogP contribution in [0, 0.1) is 0 Å². The molecule has 11 heteroatoms. The second-order valence-electron chi connectivity index (χ2n) is 5.81. The van der Waals surface area contributed by atoms with E-state index in [4.69, 9.17) is 23.2 Å². The van der Waals surface area contributed by atoms with E-state index in [0.717, 1.165) is 0 Å². The molecule has 150 valence electrons. The predicted octanol–water partition coefficient (Wildman–Crippen LogP) is 3.92. The fourth-order valence-corrected chi connectivity index (χ4v) is 2.59. The molecule has 7 nitrogen and oxygen atoms in total. The minimum atomic E-state index is -3.83. The maximum absolute atomic E-state index is 12.6. The summed E-state index contributed by atoms with van der Waals surface area (Å²) in [6.07, 6.45) is 2.59. The molecule has 29 heavy (non-hydrogen) atoms. The number of hydrogen-bond acceptors (Lipinski definition) is 5. The largest absolute Gasteiger partial charge is 0.487 e. The second kappa shape index (κ2) is 8.14. The first kappa shape index (κ1) is 20.7. The summed E-state index contributed by atoms with van der Waals surface area (Å²) in [5, 5.41) is 2.66. The topological polar surface area (TPSA) is 86.1 Å². The number of carbonyl (C=O) groups is 1. The van der Waals surface area contributed by atoms with E-state index in [-0.39, 0.29) is 27.7 Å². The van der Waals surface area contributed by atoms with Crippen molar-refractivity contribution in [1.82, 2.24) is 14.5 Å². The molecule has 0 spiro atoms. The Kier molecular flexibility index (Phi) is 5.81. The van der Waals surface area contributed by atoms with E-state index >= 15 is 0 Å². The lowest BCUT2D eigenvalue weighted by Gasteiger charge is -2.11. The Hall–Kier alpha value is -3.04. The Balaban J connectivity index is 1.81. The fourth-order valence-electron chi connectivity index (χ4n) is 2.30. The van der Waals surface area contributed by atoms with Crippen LogP contribution in [0.25, 0.3) is 11.3 Å². The van der Waals surface area contributed by atoms with Crippen molar-refractivity contribution in [1.29, 1.82) is 0 Å². The van der Waals surface area contributed by atoms with E-state index in [0.29, 0.717) is 11.3 Å². The number of alkyl halides is 3. The van der Waals surface area contributed by atoms with Crippen LogP contribution in [-0.4, -0.2) is 26.0 Å². The van der Waals surface area contributed by atoms with Crippen LogP contribution in [0.4, 0.5) is 14.5 Å². The lowest BCUT2D eigenvalue weighted by atomic mass is 10.1. The molecule has 0 saturated heterocycles. The second-order valence-corrected chi connectivity index (χ2v) is 6.61. The molecule has 0 aliphatic carbocycles. The fraction of sp³-hybridized carbons (Fsp3) is 0.111. The SMILES string of the molecule is Cn1cnc(-c2cc(C(=O)Nc3ccc(OC(F)(F)Cl)cc3)cnc2Cl)cc1=O. The van der Waals surface area contributed by atoms with Gasteiger partial charge in [0, 0.05) is 42.2 Å². The number of rotatable bonds is 5. The Bertz CT molecular complexity index is 1120. The number of aryl methyl sites for hydroxylation is 1.